The Labute approximate surface area is 122 Å². The zero-order chi connectivity index (χ0) is 14.3. The molecule has 0 saturated heterocycles. The maximum Gasteiger partial charge on any atom is 0.333 e. The molecule has 3 rings (SSSR count). The molecule has 0 saturated carbocycles. The van der Waals surface area contributed by atoms with Crippen molar-refractivity contribution in [2.45, 2.75) is 0 Å². The van der Waals surface area contributed by atoms with Crippen LogP contribution in [0.2, 0.25) is 0 Å². The van der Waals surface area contributed by atoms with Gasteiger partial charge in [-0.25, -0.2) is 9.36 Å². The summed E-state index contributed by atoms with van der Waals surface area (Å²) in [5.41, 5.74) is 7.18. The number of nitrogens with zero attached hydrogens (tertiary/aromatic N) is 1. The summed E-state index contributed by atoms with van der Waals surface area (Å²) >= 11 is 3.32. The van der Waals surface area contributed by atoms with E-state index in [9.17, 15) is 9.59 Å². The van der Waals surface area contributed by atoms with Gasteiger partial charge in [-0.05, 0) is 46.3 Å². The molecule has 0 amide bonds. The molecule has 2 aromatic carbocycles. The summed E-state index contributed by atoms with van der Waals surface area (Å²) in [6.45, 7) is 0. The summed E-state index contributed by atoms with van der Waals surface area (Å²) in [5, 5.41) is 0. The van der Waals surface area contributed by atoms with Crippen LogP contribution in [0, 0.1) is 0 Å². The SMILES string of the molecule is Nc1ccc2c(c1)[nH]c(=O)n2C(=O)c1ccccc1Br. The van der Waals surface area contributed by atoms with Gasteiger partial charge in [0.2, 0.25) is 0 Å². The first-order valence-corrected chi connectivity index (χ1v) is 6.67. The number of H-pyrrole nitrogens is 1. The van der Waals surface area contributed by atoms with E-state index in [-0.39, 0.29) is 0 Å². The monoisotopic (exact) mass is 331 g/mol. The molecule has 0 bridgehead atoms. The van der Waals surface area contributed by atoms with E-state index in [1.165, 1.54) is 0 Å². The number of anilines is 1. The zero-order valence-corrected chi connectivity index (χ0v) is 11.8. The predicted molar refractivity (Wildman–Crippen MR) is 80.8 cm³/mol. The Bertz CT molecular complexity index is 880. The third-order valence-corrected chi connectivity index (χ3v) is 3.71. The Morgan fingerprint density at radius 1 is 1.20 bits per heavy atom. The van der Waals surface area contributed by atoms with Crippen LogP contribution >= 0.6 is 15.9 Å². The lowest BCUT2D eigenvalue weighted by Crippen LogP contribution is -2.25. The number of halogens is 1. The number of hydrogen-bond acceptors (Lipinski definition) is 3. The van der Waals surface area contributed by atoms with E-state index in [0.717, 1.165) is 4.57 Å². The van der Waals surface area contributed by atoms with Crippen molar-refractivity contribution in [3.8, 4) is 0 Å². The van der Waals surface area contributed by atoms with Crippen LogP contribution in [0.1, 0.15) is 10.4 Å². The van der Waals surface area contributed by atoms with Gasteiger partial charge in [-0.1, -0.05) is 12.1 Å². The van der Waals surface area contributed by atoms with Crippen LogP contribution in [-0.2, 0) is 0 Å². The van der Waals surface area contributed by atoms with Gasteiger partial charge in [0.25, 0.3) is 5.91 Å². The molecule has 100 valence electrons. The molecular formula is C14H10BrN3O2. The fourth-order valence-electron chi connectivity index (χ4n) is 2.09. The molecule has 3 aromatic rings. The van der Waals surface area contributed by atoms with Gasteiger partial charge in [-0.3, -0.25) is 4.79 Å². The molecule has 1 aromatic heterocycles. The quantitative estimate of drug-likeness (QED) is 0.671. The number of nitrogens with two attached hydrogens (primary N) is 1. The number of imidazole rings is 1. The number of rotatable bonds is 1. The number of aromatic amines is 1. The Balaban J connectivity index is 2.25. The molecule has 5 nitrogen and oxygen atoms in total. The van der Waals surface area contributed by atoms with Crippen molar-refractivity contribution in [3.63, 3.8) is 0 Å². The molecule has 0 unspecified atom stereocenters. The molecule has 20 heavy (non-hydrogen) atoms. The van der Waals surface area contributed by atoms with Crippen LogP contribution < -0.4 is 11.4 Å². The van der Waals surface area contributed by atoms with Crippen molar-refractivity contribution in [1.82, 2.24) is 9.55 Å². The highest BCUT2D eigenvalue weighted by molar-refractivity contribution is 9.10. The summed E-state index contributed by atoms with van der Waals surface area (Å²) in [5.74, 6) is -0.390. The summed E-state index contributed by atoms with van der Waals surface area (Å²) in [6, 6.07) is 11.9. The first-order chi connectivity index (χ1) is 9.58. The average Bonchev–Trinajstić information content (AvgIpc) is 2.73. The number of benzene rings is 2. The molecule has 0 aliphatic carbocycles. The maximum atomic E-state index is 12.5. The summed E-state index contributed by atoms with van der Waals surface area (Å²) in [7, 11) is 0. The minimum Gasteiger partial charge on any atom is -0.399 e. The molecule has 0 aliphatic rings. The van der Waals surface area contributed by atoms with Crippen LogP contribution in [0.3, 0.4) is 0 Å². The standard InChI is InChI=1S/C14H10BrN3O2/c15-10-4-2-1-3-9(10)13(19)18-12-6-5-8(16)7-11(12)17-14(18)20/h1-7H,16H2,(H,17,20). The van der Waals surface area contributed by atoms with Gasteiger partial charge in [0, 0.05) is 10.2 Å². The molecule has 0 spiro atoms. The largest absolute Gasteiger partial charge is 0.399 e. The first kappa shape index (κ1) is 12.7. The topological polar surface area (TPSA) is 80.9 Å². The van der Waals surface area contributed by atoms with Crippen molar-refractivity contribution in [1.29, 1.82) is 0 Å². The molecule has 0 fully saturated rings. The van der Waals surface area contributed by atoms with E-state index in [0.29, 0.717) is 26.8 Å². The number of aromatic nitrogens is 2. The predicted octanol–water partition coefficient (Wildman–Crippen LogP) is 2.36. The second kappa shape index (κ2) is 4.64. The van der Waals surface area contributed by atoms with Crippen LogP contribution in [0.25, 0.3) is 11.0 Å². The van der Waals surface area contributed by atoms with Gasteiger partial charge in [0.1, 0.15) is 0 Å². The van der Waals surface area contributed by atoms with Crippen molar-refractivity contribution in [3.05, 3.63) is 63.0 Å². The molecule has 1 heterocycles. The number of nitrogens with one attached hydrogen (secondary N) is 1. The molecule has 0 radical (unpaired) electrons. The second-order valence-electron chi connectivity index (χ2n) is 4.33. The fraction of sp³-hybridized carbons (Fsp3) is 0. The van der Waals surface area contributed by atoms with Gasteiger partial charge in [0.05, 0.1) is 16.6 Å². The summed E-state index contributed by atoms with van der Waals surface area (Å²) in [4.78, 5) is 27.2. The van der Waals surface area contributed by atoms with E-state index in [2.05, 4.69) is 20.9 Å². The molecule has 3 N–H and O–H groups in total. The number of hydrogen-bond donors (Lipinski definition) is 2. The van der Waals surface area contributed by atoms with E-state index in [1.54, 1.807) is 42.5 Å². The van der Waals surface area contributed by atoms with Crippen LogP contribution in [0.5, 0.6) is 0 Å². The lowest BCUT2D eigenvalue weighted by Gasteiger charge is -2.04. The van der Waals surface area contributed by atoms with Crippen molar-refractivity contribution in [2.24, 2.45) is 0 Å². The second-order valence-corrected chi connectivity index (χ2v) is 5.18. The third kappa shape index (κ3) is 1.94. The van der Waals surface area contributed by atoms with E-state index >= 15 is 0 Å². The Kier molecular flexibility index (Phi) is 2.94. The lowest BCUT2D eigenvalue weighted by atomic mass is 10.2. The number of carbonyl (C=O) groups excluding carboxylic acids is 1. The van der Waals surface area contributed by atoms with Gasteiger partial charge in [-0.15, -0.1) is 0 Å². The molecule has 0 aliphatic heterocycles. The van der Waals surface area contributed by atoms with E-state index < -0.39 is 11.6 Å². The minimum atomic E-state index is -0.480. The highest BCUT2D eigenvalue weighted by Crippen LogP contribution is 2.19. The number of carbonyl (C=O) groups is 1. The molecule has 0 atom stereocenters. The van der Waals surface area contributed by atoms with Gasteiger partial charge in [-0.2, -0.15) is 0 Å². The maximum absolute atomic E-state index is 12.5. The zero-order valence-electron chi connectivity index (χ0n) is 10.3. The number of fused-ring (bicyclic) bond motifs is 1. The van der Waals surface area contributed by atoms with Crippen molar-refractivity contribution < 1.29 is 4.79 Å². The molecular weight excluding hydrogens is 322 g/mol. The smallest absolute Gasteiger partial charge is 0.333 e. The normalized spacial score (nSPS) is 10.8. The van der Waals surface area contributed by atoms with E-state index in [1.807, 2.05) is 0 Å². The first-order valence-electron chi connectivity index (χ1n) is 5.87. The van der Waals surface area contributed by atoms with Crippen LogP contribution in [-0.4, -0.2) is 15.5 Å². The highest BCUT2D eigenvalue weighted by Gasteiger charge is 2.17. The van der Waals surface area contributed by atoms with E-state index in [4.69, 9.17) is 5.73 Å². The van der Waals surface area contributed by atoms with Gasteiger partial charge < -0.3 is 10.7 Å². The van der Waals surface area contributed by atoms with Gasteiger partial charge in [0.15, 0.2) is 0 Å². The fourth-order valence-corrected chi connectivity index (χ4v) is 2.54. The summed E-state index contributed by atoms with van der Waals surface area (Å²) < 4.78 is 1.75. The Morgan fingerprint density at radius 2 is 1.95 bits per heavy atom. The summed E-state index contributed by atoms with van der Waals surface area (Å²) in [6.07, 6.45) is 0. The third-order valence-electron chi connectivity index (χ3n) is 3.01. The Morgan fingerprint density at radius 3 is 2.70 bits per heavy atom. The van der Waals surface area contributed by atoms with Crippen LogP contribution in [0.4, 0.5) is 5.69 Å². The van der Waals surface area contributed by atoms with Crippen molar-refractivity contribution >= 4 is 38.6 Å². The molecule has 6 heteroatoms. The van der Waals surface area contributed by atoms with Crippen LogP contribution in [0.15, 0.2) is 51.7 Å². The highest BCUT2D eigenvalue weighted by atomic mass is 79.9. The average molecular weight is 332 g/mol. The Hall–Kier alpha value is -2.34. The minimum absolute atomic E-state index is 0.390. The number of nitrogen functional groups attached to an aromatic ring is 1. The lowest BCUT2D eigenvalue weighted by molar-refractivity contribution is 0.0960. The van der Waals surface area contributed by atoms with Crippen molar-refractivity contribution in [2.75, 3.05) is 5.73 Å². The van der Waals surface area contributed by atoms with Gasteiger partial charge >= 0.3 is 5.69 Å².